The van der Waals surface area contributed by atoms with Gasteiger partial charge >= 0.3 is 0 Å². The highest BCUT2D eigenvalue weighted by molar-refractivity contribution is 5.91. The summed E-state index contributed by atoms with van der Waals surface area (Å²) in [6.45, 7) is 0. The minimum atomic E-state index is -0.327. The molecule has 23 heavy (non-hydrogen) atoms. The zero-order valence-corrected chi connectivity index (χ0v) is 12.4. The van der Waals surface area contributed by atoms with Crippen LogP contribution in [0, 0.1) is 0 Å². The first-order valence-electron chi connectivity index (χ1n) is 7.31. The second-order valence-corrected chi connectivity index (χ2v) is 4.96. The molecule has 4 nitrogen and oxygen atoms in total. The summed E-state index contributed by atoms with van der Waals surface area (Å²) < 4.78 is 5.46. The fourth-order valence-corrected chi connectivity index (χ4v) is 2.25. The zero-order chi connectivity index (χ0) is 15.9. The van der Waals surface area contributed by atoms with Crippen molar-refractivity contribution in [3.63, 3.8) is 0 Å². The highest BCUT2D eigenvalue weighted by Crippen LogP contribution is 2.22. The number of hydrogen-bond acceptors (Lipinski definition) is 3. The molecule has 1 N–H and O–H groups in total. The van der Waals surface area contributed by atoms with E-state index in [-0.39, 0.29) is 11.9 Å². The predicted octanol–water partition coefficient (Wildman–Crippen LogP) is 3.59. The molecule has 0 saturated heterocycles. The second-order valence-electron chi connectivity index (χ2n) is 4.96. The Labute approximate surface area is 134 Å². The molecule has 1 atom stereocenters. The third-order valence-electron chi connectivity index (χ3n) is 3.34. The Morgan fingerprint density at radius 1 is 1.04 bits per heavy atom. The van der Waals surface area contributed by atoms with Gasteiger partial charge in [0.05, 0.1) is 12.0 Å². The average Bonchev–Trinajstić information content (AvgIpc) is 3.14. The maximum atomic E-state index is 12.2. The fraction of sp³-hybridized carbons (Fsp3) is 0.0526. The van der Waals surface area contributed by atoms with E-state index in [1.165, 1.54) is 6.08 Å². The lowest BCUT2D eigenvalue weighted by molar-refractivity contribution is -0.117. The lowest BCUT2D eigenvalue weighted by Gasteiger charge is -2.16. The normalized spacial score (nSPS) is 12.2. The number of nitrogens with zero attached hydrogens (tertiary/aromatic N) is 1. The third kappa shape index (κ3) is 3.95. The Balaban J connectivity index is 1.77. The number of rotatable bonds is 5. The summed E-state index contributed by atoms with van der Waals surface area (Å²) in [6, 6.07) is 18.6. The van der Waals surface area contributed by atoms with E-state index in [0.29, 0.717) is 5.76 Å². The van der Waals surface area contributed by atoms with Gasteiger partial charge in [-0.2, -0.15) is 0 Å². The van der Waals surface area contributed by atoms with Crippen LogP contribution in [0.4, 0.5) is 0 Å². The molecule has 0 aliphatic carbocycles. The molecule has 2 heterocycles. The van der Waals surface area contributed by atoms with Crippen molar-refractivity contribution >= 4 is 12.0 Å². The summed E-state index contributed by atoms with van der Waals surface area (Å²) in [4.78, 5) is 16.4. The van der Waals surface area contributed by atoms with Crippen molar-refractivity contribution in [1.29, 1.82) is 0 Å². The Morgan fingerprint density at radius 2 is 1.87 bits per heavy atom. The third-order valence-corrected chi connectivity index (χ3v) is 3.34. The van der Waals surface area contributed by atoms with E-state index in [2.05, 4.69) is 10.3 Å². The van der Waals surface area contributed by atoms with Crippen molar-refractivity contribution in [3.05, 3.63) is 96.2 Å². The molecule has 1 aromatic carbocycles. The van der Waals surface area contributed by atoms with E-state index in [1.807, 2.05) is 54.6 Å². The molecule has 0 spiro atoms. The van der Waals surface area contributed by atoms with Crippen molar-refractivity contribution in [2.24, 2.45) is 0 Å². The largest absolute Gasteiger partial charge is 0.467 e. The molecular formula is C19H16N2O2. The van der Waals surface area contributed by atoms with Crippen LogP contribution in [0.2, 0.25) is 0 Å². The Morgan fingerprint density at radius 3 is 2.57 bits per heavy atom. The van der Waals surface area contributed by atoms with Crippen molar-refractivity contribution in [1.82, 2.24) is 10.3 Å². The number of carbonyl (C=O) groups is 1. The van der Waals surface area contributed by atoms with Crippen LogP contribution in [0.1, 0.15) is 23.1 Å². The second kappa shape index (κ2) is 7.22. The van der Waals surface area contributed by atoms with Crippen molar-refractivity contribution in [2.75, 3.05) is 0 Å². The van der Waals surface area contributed by atoms with Gasteiger partial charge in [0.15, 0.2) is 0 Å². The minimum Gasteiger partial charge on any atom is -0.467 e. The molecule has 0 radical (unpaired) electrons. The van der Waals surface area contributed by atoms with Crippen LogP contribution in [-0.2, 0) is 4.79 Å². The molecule has 2 aromatic heterocycles. The van der Waals surface area contributed by atoms with E-state index in [9.17, 15) is 4.79 Å². The molecule has 1 amide bonds. The highest BCUT2D eigenvalue weighted by atomic mass is 16.3. The quantitative estimate of drug-likeness (QED) is 0.733. The summed E-state index contributed by atoms with van der Waals surface area (Å²) in [5.74, 6) is 0.483. The first kappa shape index (κ1) is 14.8. The molecule has 114 valence electrons. The number of furan rings is 1. The maximum absolute atomic E-state index is 12.2. The molecule has 0 fully saturated rings. The van der Waals surface area contributed by atoms with E-state index in [1.54, 1.807) is 24.6 Å². The Kier molecular flexibility index (Phi) is 4.64. The van der Waals surface area contributed by atoms with Crippen LogP contribution in [-0.4, -0.2) is 10.9 Å². The Hall–Kier alpha value is -3.14. The van der Waals surface area contributed by atoms with Gasteiger partial charge in [-0.15, -0.1) is 0 Å². The SMILES string of the molecule is O=C(/C=C/c1ccccn1)NC(c1ccccc1)c1ccco1. The number of nitrogens with one attached hydrogen (secondary N) is 1. The summed E-state index contributed by atoms with van der Waals surface area (Å²) in [7, 11) is 0. The average molecular weight is 304 g/mol. The Bertz CT molecular complexity index is 766. The lowest BCUT2D eigenvalue weighted by Crippen LogP contribution is -2.27. The van der Waals surface area contributed by atoms with E-state index in [4.69, 9.17) is 4.42 Å². The van der Waals surface area contributed by atoms with Gasteiger partial charge in [0, 0.05) is 12.3 Å². The predicted molar refractivity (Wildman–Crippen MR) is 88.4 cm³/mol. The van der Waals surface area contributed by atoms with E-state index >= 15 is 0 Å². The van der Waals surface area contributed by atoms with Gasteiger partial charge < -0.3 is 9.73 Å². The molecule has 0 aliphatic heterocycles. The fourth-order valence-electron chi connectivity index (χ4n) is 2.25. The van der Waals surface area contributed by atoms with Gasteiger partial charge in [0.1, 0.15) is 11.8 Å². The van der Waals surface area contributed by atoms with Crippen LogP contribution >= 0.6 is 0 Å². The molecular weight excluding hydrogens is 288 g/mol. The first-order chi connectivity index (χ1) is 11.3. The van der Waals surface area contributed by atoms with Gasteiger partial charge in [-0.25, -0.2) is 0 Å². The molecule has 0 bridgehead atoms. The topological polar surface area (TPSA) is 55.1 Å². The van der Waals surface area contributed by atoms with Crippen molar-refractivity contribution in [2.45, 2.75) is 6.04 Å². The van der Waals surface area contributed by atoms with Gasteiger partial charge in [-0.1, -0.05) is 36.4 Å². The molecule has 4 heteroatoms. The van der Waals surface area contributed by atoms with Crippen molar-refractivity contribution in [3.8, 4) is 0 Å². The standard InChI is InChI=1S/C19H16N2O2/c22-18(12-11-16-9-4-5-13-20-16)21-19(17-10-6-14-23-17)15-7-2-1-3-8-15/h1-14,19H,(H,21,22)/b12-11+. The van der Waals surface area contributed by atoms with Gasteiger partial charge in [-0.05, 0) is 35.9 Å². The van der Waals surface area contributed by atoms with Gasteiger partial charge in [0.25, 0.3) is 0 Å². The van der Waals surface area contributed by atoms with Crippen LogP contribution < -0.4 is 5.32 Å². The van der Waals surface area contributed by atoms with Crippen LogP contribution in [0.25, 0.3) is 6.08 Å². The highest BCUT2D eigenvalue weighted by Gasteiger charge is 2.17. The van der Waals surface area contributed by atoms with Crippen molar-refractivity contribution < 1.29 is 9.21 Å². The van der Waals surface area contributed by atoms with Crippen LogP contribution in [0.15, 0.2) is 83.6 Å². The number of pyridine rings is 1. The van der Waals surface area contributed by atoms with Gasteiger partial charge in [0.2, 0.25) is 5.91 Å². The summed E-state index contributed by atoms with van der Waals surface area (Å²) >= 11 is 0. The number of benzene rings is 1. The maximum Gasteiger partial charge on any atom is 0.244 e. The van der Waals surface area contributed by atoms with Crippen LogP contribution in [0.5, 0.6) is 0 Å². The molecule has 0 saturated carbocycles. The number of aromatic nitrogens is 1. The summed E-state index contributed by atoms with van der Waals surface area (Å²) in [5.41, 5.74) is 1.69. The van der Waals surface area contributed by atoms with Crippen LogP contribution in [0.3, 0.4) is 0 Å². The first-order valence-corrected chi connectivity index (χ1v) is 7.31. The lowest BCUT2D eigenvalue weighted by atomic mass is 10.0. The van der Waals surface area contributed by atoms with E-state index < -0.39 is 0 Å². The number of carbonyl (C=O) groups excluding carboxylic acids is 1. The minimum absolute atomic E-state index is 0.207. The molecule has 1 unspecified atom stereocenters. The number of amides is 1. The summed E-state index contributed by atoms with van der Waals surface area (Å²) in [5, 5.41) is 2.96. The van der Waals surface area contributed by atoms with Gasteiger partial charge in [-0.3, -0.25) is 9.78 Å². The van der Waals surface area contributed by atoms with E-state index in [0.717, 1.165) is 11.3 Å². The smallest absolute Gasteiger partial charge is 0.244 e. The summed E-state index contributed by atoms with van der Waals surface area (Å²) in [6.07, 6.45) is 6.44. The number of hydrogen-bond donors (Lipinski definition) is 1. The molecule has 3 aromatic rings. The molecule has 3 rings (SSSR count). The zero-order valence-electron chi connectivity index (χ0n) is 12.4. The monoisotopic (exact) mass is 304 g/mol. The molecule has 0 aliphatic rings.